The third-order valence-corrected chi connectivity index (χ3v) is 3.42. The molecule has 0 saturated carbocycles. The molecule has 2 rings (SSSR count). The van der Waals surface area contributed by atoms with Crippen LogP contribution < -0.4 is 14.8 Å². The first-order valence-corrected chi connectivity index (χ1v) is 7.25. The lowest BCUT2D eigenvalue weighted by Crippen LogP contribution is -2.30. The van der Waals surface area contributed by atoms with E-state index in [-0.39, 0.29) is 5.91 Å². The molecule has 0 aliphatic rings. The molecule has 1 N–H and O–H groups in total. The number of ether oxygens (including phenoxy) is 2. The molecule has 0 spiro atoms. The molecule has 4 nitrogen and oxygen atoms in total. The van der Waals surface area contributed by atoms with E-state index in [9.17, 15) is 4.79 Å². The van der Waals surface area contributed by atoms with Gasteiger partial charge in [0.25, 0.3) is 5.91 Å². The summed E-state index contributed by atoms with van der Waals surface area (Å²) in [5, 5.41) is 3.47. The Bertz CT molecular complexity index is 655. The fourth-order valence-corrected chi connectivity index (χ4v) is 2.14. The van der Waals surface area contributed by atoms with Crippen LogP contribution in [0.5, 0.6) is 11.5 Å². The van der Waals surface area contributed by atoms with Gasteiger partial charge in [-0.2, -0.15) is 0 Å². The van der Waals surface area contributed by atoms with Crippen molar-refractivity contribution >= 4 is 23.2 Å². The molecule has 0 heterocycles. The zero-order chi connectivity index (χ0) is 16.1. The van der Waals surface area contributed by atoms with Crippen LogP contribution in [0.15, 0.2) is 42.5 Å². The molecule has 5 heteroatoms. The number of hydrogen-bond donors (Lipinski definition) is 1. The van der Waals surface area contributed by atoms with Gasteiger partial charge >= 0.3 is 0 Å². The van der Waals surface area contributed by atoms with Crippen LogP contribution in [0, 0.1) is 6.92 Å². The summed E-state index contributed by atoms with van der Waals surface area (Å²) in [7, 11) is 1.60. The lowest BCUT2D eigenvalue weighted by atomic mass is 10.2. The summed E-state index contributed by atoms with van der Waals surface area (Å²) < 4.78 is 10.7. The van der Waals surface area contributed by atoms with Crippen LogP contribution in [0.4, 0.5) is 5.69 Å². The van der Waals surface area contributed by atoms with E-state index in [2.05, 4.69) is 5.32 Å². The third kappa shape index (κ3) is 4.15. The molecule has 22 heavy (non-hydrogen) atoms. The van der Waals surface area contributed by atoms with Crippen LogP contribution in [0.3, 0.4) is 0 Å². The van der Waals surface area contributed by atoms with E-state index in [4.69, 9.17) is 21.1 Å². The van der Waals surface area contributed by atoms with Gasteiger partial charge in [0, 0.05) is 10.7 Å². The van der Waals surface area contributed by atoms with Gasteiger partial charge in [-0.3, -0.25) is 4.79 Å². The third-order valence-electron chi connectivity index (χ3n) is 3.19. The minimum absolute atomic E-state index is 0.221. The number of hydrogen-bond acceptors (Lipinski definition) is 3. The number of rotatable bonds is 5. The van der Waals surface area contributed by atoms with Crippen LogP contribution in [-0.2, 0) is 4.79 Å². The minimum atomic E-state index is -0.622. The van der Waals surface area contributed by atoms with E-state index in [0.29, 0.717) is 10.8 Å². The van der Waals surface area contributed by atoms with E-state index in [0.717, 1.165) is 17.0 Å². The van der Waals surface area contributed by atoms with Gasteiger partial charge in [-0.05, 0) is 61.9 Å². The summed E-state index contributed by atoms with van der Waals surface area (Å²) in [4.78, 5) is 12.2. The van der Waals surface area contributed by atoms with Gasteiger partial charge in [-0.25, -0.2) is 0 Å². The number of carbonyl (C=O) groups excluding carboxylic acids is 1. The zero-order valence-corrected chi connectivity index (χ0v) is 13.5. The van der Waals surface area contributed by atoms with E-state index in [1.165, 1.54) is 0 Å². The lowest BCUT2D eigenvalue weighted by molar-refractivity contribution is -0.122. The molecule has 0 aliphatic heterocycles. The molecule has 1 atom stereocenters. The Balaban J connectivity index is 1.99. The fourth-order valence-electron chi connectivity index (χ4n) is 1.91. The monoisotopic (exact) mass is 319 g/mol. The van der Waals surface area contributed by atoms with Crippen LogP contribution >= 0.6 is 11.6 Å². The smallest absolute Gasteiger partial charge is 0.265 e. The Hall–Kier alpha value is -2.20. The molecule has 1 amide bonds. The number of amides is 1. The van der Waals surface area contributed by atoms with Gasteiger partial charge in [-0.15, -0.1) is 0 Å². The van der Waals surface area contributed by atoms with Gasteiger partial charge in [0.15, 0.2) is 6.10 Å². The van der Waals surface area contributed by atoms with Crippen LogP contribution in [0.25, 0.3) is 0 Å². The van der Waals surface area contributed by atoms with E-state index in [1.54, 1.807) is 56.5 Å². The first-order chi connectivity index (χ1) is 10.5. The number of anilines is 1. The number of halogens is 1. The Kier molecular flexibility index (Phi) is 5.28. The van der Waals surface area contributed by atoms with Gasteiger partial charge in [0.2, 0.25) is 0 Å². The van der Waals surface area contributed by atoms with Crippen molar-refractivity contribution in [3.63, 3.8) is 0 Å². The highest BCUT2D eigenvalue weighted by atomic mass is 35.5. The number of carbonyl (C=O) groups is 1. The van der Waals surface area contributed by atoms with E-state index >= 15 is 0 Å². The van der Waals surface area contributed by atoms with Crippen molar-refractivity contribution in [2.24, 2.45) is 0 Å². The van der Waals surface area contributed by atoms with Crippen LogP contribution in [0.1, 0.15) is 12.5 Å². The Morgan fingerprint density at radius 2 is 1.77 bits per heavy atom. The van der Waals surface area contributed by atoms with Crippen LogP contribution in [0.2, 0.25) is 5.02 Å². The summed E-state index contributed by atoms with van der Waals surface area (Å²) in [6.07, 6.45) is -0.622. The zero-order valence-electron chi connectivity index (χ0n) is 12.7. The maximum Gasteiger partial charge on any atom is 0.265 e. The second-order valence-corrected chi connectivity index (χ2v) is 5.32. The molecular weight excluding hydrogens is 302 g/mol. The average molecular weight is 320 g/mol. The van der Waals surface area contributed by atoms with Crippen molar-refractivity contribution in [3.8, 4) is 11.5 Å². The highest BCUT2D eigenvalue weighted by molar-refractivity contribution is 6.30. The molecule has 2 aromatic rings. The van der Waals surface area contributed by atoms with Gasteiger partial charge in [0.05, 0.1) is 7.11 Å². The van der Waals surface area contributed by atoms with Crippen molar-refractivity contribution in [1.82, 2.24) is 0 Å². The SMILES string of the molecule is COc1ccc(O[C@H](C)C(=O)Nc2ccc(Cl)cc2C)cc1. The van der Waals surface area contributed by atoms with Gasteiger partial charge in [-0.1, -0.05) is 11.6 Å². The van der Waals surface area contributed by atoms with Crippen LogP contribution in [-0.4, -0.2) is 19.1 Å². The second-order valence-electron chi connectivity index (χ2n) is 4.88. The number of benzene rings is 2. The van der Waals surface area contributed by atoms with Crippen molar-refractivity contribution in [1.29, 1.82) is 0 Å². The molecule has 0 saturated heterocycles. The van der Waals surface area contributed by atoms with E-state index in [1.807, 2.05) is 6.92 Å². The summed E-state index contributed by atoms with van der Waals surface area (Å²) >= 11 is 5.90. The molecule has 0 aromatic heterocycles. The Labute approximate surface area is 135 Å². The predicted octanol–water partition coefficient (Wildman–Crippen LogP) is 4.06. The molecule has 0 fully saturated rings. The largest absolute Gasteiger partial charge is 0.497 e. The number of nitrogens with one attached hydrogen (secondary N) is 1. The topological polar surface area (TPSA) is 47.6 Å². The first-order valence-electron chi connectivity index (χ1n) is 6.87. The quantitative estimate of drug-likeness (QED) is 0.904. The normalized spacial score (nSPS) is 11.6. The predicted molar refractivity (Wildman–Crippen MR) is 87.9 cm³/mol. The molecule has 0 unspecified atom stereocenters. The summed E-state index contributed by atoms with van der Waals surface area (Å²) in [6.45, 7) is 3.58. The summed E-state index contributed by atoms with van der Waals surface area (Å²) in [5.41, 5.74) is 1.62. The van der Waals surface area contributed by atoms with Gasteiger partial charge < -0.3 is 14.8 Å². The fraction of sp³-hybridized carbons (Fsp3) is 0.235. The molecule has 0 aliphatic carbocycles. The second kappa shape index (κ2) is 7.18. The highest BCUT2D eigenvalue weighted by Gasteiger charge is 2.15. The Morgan fingerprint density at radius 3 is 2.36 bits per heavy atom. The molecule has 0 bridgehead atoms. The van der Waals surface area contributed by atoms with E-state index < -0.39 is 6.10 Å². The standard InChI is InChI=1S/C17H18ClNO3/c1-11-10-13(18)4-9-16(11)19-17(20)12(2)22-15-7-5-14(21-3)6-8-15/h4-10,12H,1-3H3,(H,19,20)/t12-/m1/s1. The molecule has 2 aromatic carbocycles. The minimum Gasteiger partial charge on any atom is -0.497 e. The van der Waals surface area contributed by atoms with Gasteiger partial charge in [0.1, 0.15) is 11.5 Å². The van der Waals surface area contributed by atoms with Crippen molar-refractivity contribution in [2.75, 3.05) is 12.4 Å². The first kappa shape index (κ1) is 16.2. The number of aryl methyl sites for hydroxylation is 1. The van der Waals surface area contributed by atoms with Crippen molar-refractivity contribution in [3.05, 3.63) is 53.1 Å². The Morgan fingerprint density at radius 1 is 1.14 bits per heavy atom. The molecule has 116 valence electrons. The maximum absolute atomic E-state index is 12.2. The average Bonchev–Trinajstić information content (AvgIpc) is 2.50. The summed E-state index contributed by atoms with van der Waals surface area (Å²) in [6, 6.07) is 12.4. The number of methoxy groups -OCH3 is 1. The lowest BCUT2D eigenvalue weighted by Gasteiger charge is -2.16. The van der Waals surface area contributed by atoms with Crippen molar-refractivity contribution < 1.29 is 14.3 Å². The summed E-state index contributed by atoms with van der Waals surface area (Å²) in [5.74, 6) is 1.12. The molecular formula is C17H18ClNO3. The highest BCUT2D eigenvalue weighted by Crippen LogP contribution is 2.21. The van der Waals surface area contributed by atoms with Crippen molar-refractivity contribution in [2.45, 2.75) is 20.0 Å². The maximum atomic E-state index is 12.2. The molecule has 0 radical (unpaired) electrons.